The second-order valence-corrected chi connectivity index (χ2v) is 3.00. The van der Waals surface area contributed by atoms with Gasteiger partial charge in [0.15, 0.2) is 0 Å². The van der Waals surface area contributed by atoms with Crippen LogP contribution in [0.5, 0.6) is 0 Å². The van der Waals surface area contributed by atoms with Crippen molar-refractivity contribution < 1.29 is 0 Å². The molecule has 0 aliphatic rings. The van der Waals surface area contributed by atoms with Crippen molar-refractivity contribution in [1.29, 1.82) is 0 Å². The Morgan fingerprint density at radius 1 is 1.50 bits per heavy atom. The lowest BCUT2D eigenvalue weighted by molar-refractivity contribution is 0.664. The molecule has 0 aliphatic heterocycles. The Hall–Kier alpha value is -0.370. The molecule has 60 valence electrons. The van der Waals surface area contributed by atoms with Crippen molar-refractivity contribution in [3.63, 3.8) is 0 Å². The van der Waals surface area contributed by atoms with Crippen LogP contribution < -0.4 is 5.32 Å². The minimum atomic E-state index is 0.673. The highest BCUT2D eigenvalue weighted by molar-refractivity contribution is 5.83. The van der Waals surface area contributed by atoms with Gasteiger partial charge in [-0.15, -0.1) is 0 Å². The van der Waals surface area contributed by atoms with Gasteiger partial charge in [0.2, 0.25) is 0 Å². The first-order valence-electron chi connectivity index (χ1n) is 3.81. The number of hydrogen-bond acceptors (Lipinski definition) is 2. The number of nitrogens with zero attached hydrogens (tertiary/aromatic N) is 1. The average molecular weight is 142 g/mol. The lowest BCUT2D eigenvalue weighted by Gasteiger charge is -2.01. The van der Waals surface area contributed by atoms with E-state index in [9.17, 15) is 0 Å². The summed E-state index contributed by atoms with van der Waals surface area (Å²) < 4.78 is 0. The summed E-state index contributed by atoms with van der Waals surface area (Å²) in [5, 5.41) is 3.06. The van der Waals surface area contributed by atoms with E-state index in [-0.39, 0.29) is 0 Å². The number of aliphatic imine (C=N–C) groups is 1. The first-order valence-corrected chi connectivity index (χ1v) is 3.81. The zero-order chi connectivity index (χ0) is 7.98. The monoisotopic (exact) mass is 142 g/mol. The van der Waals surface area contributed by atoms with Crippen molar-refractivity contribution >= 4 is 5.71 Å². The Bertz CT molecular complexity index is 106. The van der Waals surface area contributed by atoms with Crippen molar-refractivity contribution in [2.75, 3.05) is 20.1 Å². The normalized spacial score (nSPS) is 12.7. The third-order valence-electron chi connectivity index (χ3n) is 1.16. The van der Waals surface area contributed by atoms with Crippen LogP contribution in [0, 0.1) is 5.92 Å². The van der Waals surface area contributed by atoms with Crippen molar-refractivity contribution in [2.45, 2.75) is 20.8 Å². The van der Waals surface area contributed by atoms with Crippen molar-refractivity contribution in [3.05, 3.63) is 0 Å². The zero-order valence-corrected chi connectivity index (χ0v) is 7.44. The van der Waals surface area contributed by atoms with E-state index in [4.69, 9.17) is 0 Å². The van der Waals surface area contributed by atoms with Crippen LogP contribution in [0.1, 0.15) is 20.8 Å². The molecule has 2 heteroatoms. The quantitative estimate of drug-likeness (QED) is 0.588. The Balaban J connectivity index is 3.47. The summed E-state index contributed by atoms with van der Waals surface area (Å²) >= 11 is 0. The maximum atomic E-state index is 4.37. The second-order valence-electron chi connectivity index (χ2n) is 3.00. The lowest BCUT2D eigenvalue weighted by atomic mass is 10.2. The van der Waals surface area contributed by atoms with E-state index in [0.717, 1.165) is 13.1 Å². The topological polar surface area (TPSA) is 24.4 Å². The minimum absolute atomic E-state index is 0.673. The van der Waals surface area contributed by atoms with Gasteiger partial charge < -0.3 is 5.32 Å². The molecule has 0 amide bonds. The minimum Gasteiger partial charge on any atom is -0.315 e. The van der Waals surface area contributed by atoms with Gasteiger partial charge in [-0.2, -0.15) is 0 Å². The fourth-order valence-corrected chi connectivity index (χ4v) is 0.650. The Labute approximate surface area is 63.7 Å². The highest BCUT2D eigenvalue weighted by Crippen LogP contribution is 1.91. The molecule has 0 saturated heterocycles. The van der Waals surface area contributed by atoms with Crippen LogP contribution in [-0.2, 0) is 0 Å². The third kappa shape index (κ3) is 5.76. The molecular weight excluding hydrogens is 124 g/mol. The number of hydrogen-bond donors (Lipinski definition) is 1. The van der Waals surface area contributed by atoms with Gasteiger partial charge in [-0.05, 0) is 19.9 Å². The van der Waals surface area contributed by atoms with Crippen LogP contribution in [0.15, 0.2) is 4.99 Å². The molecule has 0 aromatic carbocycles. The second kappa shape index (κ2) is 5.42. The van der Waals surface area contributed by atoms with E-state index < -0.39 is 0 Å². The third-order valence-corrected chi connectivity index (χ3v) is 1.16. The summed E-state index contributed by atoms with van der Waals surface area (Å²) in [6.07, 6.45) is 0. The molecule has 0 atom stereocenters. The molecular formula is C8H18N2. The van der Waals surface area contributed by atoms with Crippen molar-refractivity contribution in [3.8, 4) is 0 Å². The SMILES string of the molecule is CNCC(C)=NCC(C)C. The Morgan fingerprint density at radius 2 is 2.10 bits per heavy atom. The maximum absolute atomic E-state index is 4.37. The molecule has 2 nitrogen and oxygen atoms in total. The van der Waals surface area contributed by atoms with Crippen LogP contribution in [0.4, 0.5) is 0 Å². The summed E-state index contributed by atoms with van der Waals surface area (Å²) in [5.41, 5.74) is 1.19. The van der Waals surface area contributed by atoms with Crippen LogP contribution in [0.3, 0.4) is 0 Å². The molecule has 10 heavy (non-hydrogen) atoms. The summed E-state index contributed by atoms with van der Waals surface area (Å²) in [5.74, 6) is 0.673. The number of rotatable bonds is 4. The summed E-state index contributed by atoms with van der Waals surface area (Å²) in [6, 6.07) is 0. The molecule has 0 rings (SSSR count). The standard InChI is InChI=1S/C8H18N2/c1-7(2)5-10-8(3)6-9-4/h7,9H,5-6H2,1-4H3. The first-order chi connectivity index (χ1) is 4.66. The molecule has 0 saturated carbocycles. The number of nitrogens with one attached hydrogen (secondary N) is 1. The van der Waals surface area contributed by atoms with Gasteiger partial charge >= 0.3 is 0 Å². The van der Waals surface area contributed by atoms with Gasteiger partial charge in [0.05, 0.1) is 0 Å². The fourth-order valence-electron chi connectivity index (χ4n) is 0.650. The predicted molar refractivity (Wildman–Crippen MR) is 46.7 cm³/mol. The van der Waals surface area contributed by atoms with Gasteiger partial charge in [-0.25, -0.2) is 0 Å². The van der Waals surface area contributed by atoms with Crippen LogP contribution in [0.25, 0.3) is 0 Å². The lowest BCUT2D eigenvalue weighted by Crippen LogP contribution is -2.16. The summed E-state index contributed by atoms with van der Waals surface area (Å²) in [7, 11) is 1.94. The highest BCUT2D eigenvalue weighted by Gasteiger charge is 1.91. The van der Waals surface area contributed by atoms with Crippen molar-refractivity contribution in [1.82, 2.24) is 5.32 Å². The van der Waals surface area contributed by atoms with Gasteiger partial charge in [0.25, 0.3) is 0 Å². The van der Waals surface area contributed by atoms with E-state index in [1.54, 1.807) is 0 Å². The largest absolute Gasteiger partial charge is 0.315 e. The van der Waals surface area contributed by atoms with E-state index in [1.165, 1.54) is 5.71 Å². The molecule has 0 unspecified atom stereocenters. The molecule has 0 heterocycles. The average Bonchev–Trinajstić information content (AvgIpc) is 1.85. The molecule has 0 spiro atoms. The highest BCUT2D eigenvalue weighted by atomic mass is 14.8. The molecule has 0 aromatic rings. The van der Waals surface area contributed by atoms with Crippen LogP contribution >= 0.6 is 0 Å². The first kappa shape index (κ1) is 9.63. The molecule has 1 N–H and O–H groups in total. The van der Waals surface area contributed by atoms with E-state index in [2.05, 4.69) is 31.1 Å². The summed E-state index contributed by atoms with van der Waals surface area (Å²) in [6.45, 7) is 8.27. The predicted octanol–water partition coefficient (Wildman–Crippen LogP) is 1.32. The van der Waals surface area contributed by atoms with Gasteiger partial charge in [0.1, 0.15) is 0 Å². The van der Waals surface area contributed by atoms with Crippen LogP contribution in [-0.4, -0.2) is 25.8 Å². The summed E-state index contributed by atoms with van der Waals surface area (Å²) in [4.78, 5) is 4.37. The Morgan fingerprint density at radius 3 is 2.50 bits per heavy atom. The fraction of sp³-hybridized carbons (Fsp3) is 0.875. The zero-order valence-electron chi connectivity index (χ0n) is 7.44. The van der Waals surface area contributed by atoms with E-state index in [0.29, 0.717) is 5.92 Å². The van der Waals surface area contributed by atoms with Gasteiger partial charge in [0, 0.05) is 18.8 Å². The smallest absolute Gasteiger partial charge is 0.0412 e. The maximum Gasteiger partial charge on any atom is 0.0412 e. The van der Waals surface area contributed by atoms with Crippen molar-refractivity contribution in [2.24, 2.45) is 10.9 Å². The molecule has 0 aliphatic carbocycles. The Kier molecular flexibility index (Phi) is 5.22. The molecule has 0 aromatic heterocycles. The molecule has 0 fully saturated rings. The van der Waals surface area contributed by atoms with Gasteiger partial charge in [-0.1, -0.05) is 13.8 Å². The van der Waals surface area contributed by atoms with E-state index >= 15 is 0 Å². The van der Waals surface area contributed by atoms with Gasteiger partial charge in [-0.3, -0.25) is 4.99 Å². The van der Waals surface area contributed by atoms with E-state index in [1.807, 2.05) is 7.05 Å². The van der Waals surface area contributed by atoms with Crippen LogP contribution in [0.2, 0.25) is 0 Å². The molecule has 0 radical (unpaired) electrons. The molecule has 0 bridgehead atoms.